The highest BCUT2D eigenvalue weighted by Gasteiger charge is 2.12. The number of rotatable bonds is 1. The minimum absolute atomic E-state index is 0.0227. The fourth-order valence-electron chi connectivity index (χ4n) is 2.10. The van der Waals surface area contributed by atoms with Crippen molar-refractivity contribution in [1.82, 2.24) is 9.55 Å². The lowest BCUT2D eigenvalue weighted by Crippen LogP contribution is -1.97. The Balaban J connectivity index is 2.43. The lowest BCUT2D eigenvalue weighted by Gasteiger charge is -2.06. The molecule has 2 aromatic carbocycles. The number of aromatic amines is 1. The molecule has 0 aliphatic carbocycles. The van der Waals surface area contributed by atoms with Crippen LogP contribution in [0, 0.1) is 21.9 Å². The molecule has 1 aromatic heterocycles. The molecule has 0 atom stereocenters. The highest BCUT2D eigenvalue weighted by Crippen LogP contribution is 2.26. The zero-order valence-corrected chi connectivity index (χ0v) is 11.6. The molecule has 0 unspecified atom stereocenters. The first-order valence-electron chi connectivity index (χ1n) is 5.71. The van der Waals surface area contributed by atoms with E-state index >= 15 is 0 Å². The van der Waals surface area contributed by atoms with E-state index in [0.717, 1.165) is 0 Å². The number of fused-ring (bicyclic) bond motifs is 1. The van der Waals surface area contributed by atoms with E-state index in [1.165, 1.54) is 12.1 Å². The molecule has 6 heteroatoms. The second kappa shape index (κ2) is 4.75. The number of nitrogens with zero attached hydrogens (tertiary/aromatic N) is 2. The van der Waals surface area contributed by atoms with Crippen molar-refractivity contribution in [2.24, 2.45) is 0 Å². The predicted molar refractivity (Wildman–Crippen MR) is 78.1 cm³/mol. The molecule has 0 spiro atoms. The van der Waals surface area contributed by atoms with E-state index in [9.17, 15) is 9.65 Å². The van der Waals surface area contributed by atoms with Gasteiger partial charge in [-0.2, -0.15) is 5.26 Å². The van der Waals surface area contributed by atoms with Gasteiger partial charge in [0.15, 0.2) is 4.77 Å². The zero-order valence-electron chi connectivity index (χ0n) is 10.0. The molecule has 3 rings (SSSR count). The van der Waals surface area contributed by atoms with Gasteiger partial charge in [-0.1, -0.05) is 23.7 Å². The molecule has 0 amide bonds. The summed E-state index contributed by atoms with van der Waals surface area (Å²) in [5.74, 6) is -0.531. The minimum Gasteiger partial charge on any atom is -0.330 e. The Hall–Kier alpha value is -2.16. The van der Waals surface area contributed by atoms with Crippen LogP contribution in [0.4, 0.5) is 4.39 Å². The average Bonchev–Trinajstić information content (AvgIpc) is 2.74. The summed E-state index contributed by atoms with van der Waals surface area (Å²) in [7, 11) is 0. The number of halogens is 2. The summed E-state index contributed by atoms with van der Waals surface area (Å²) in [6, 6.07) is 11.9. The van der Waals surface area contributed by atoms with Crippen LogP contribution in [-0.2, 0) is 0 Å². The molecular formula is C14H7ClFN3S. The smallest absolute Gasteiger partial charge is 0.182 e. The summed E-state index contributed by atoms with van der Waals surface area (Å²) in [4.78, 5) is 2.96. The average molecular weight is 304 g/mol. The van der Waals surface area contributed by atoms with Gasteiger partial charge in [-0.05, 0) is 30.4 Å². The van der Waals surface area contributed by atoms with Crippen molar-refractivity contribution in [3.8, 4) is 11.8 Å². The standard InChI is InChI=1S/C14H7ClFN3S/c15-9-5-11-13(6-10(9)16)19(14(20)18-11)12-4-2-1-3-8(12)7-17/h1-6H,(H,18,20). The maximum Gasteiger partial charge on any atom is 0.182 e. The van der Waals surface area contributed by atoms with Crippen LogP contribution < -0.4 is 0 Å². The van der Waals surface area contributed by atoms with Gasteiger partial charge in [0.05, 0.1) is 27.3 Å². The summed E-state index contributed by atoms with van der Waals surface area (Å²) >= 11 is 11.0. The van der Waals surface area contributed by atoms with Crippen LogP contribution in [0.1, 0.15) is 5.56 Å². The number of benzene rings is 2. The van der Waals surface area contributed by atoms with Crippen molar-refractivity contribution >= 4 is 34.9 Å². The highest BCUT2D eigenvalue weighted by molar-refractivity contribution is 7.71. The van der Waals surface area contributed by atoms with Gasteiger partial charge >= 0.3 is 0 Å². The summed E-state index contributed by atoms with van der Waals surface area (Å²) in [5, 5.41) is 9.20. The second-order valence-electron chi connectivity index (χ2n) is 4.18. The topological polar surface area (TPSA) is 44.5 Å². The number of nitrogens with one attached hydrogen (secondary N) is 1. The number of hydrogen-bond acceptors (Lipinski definition) is 2. The van der Waals surface area contributed by atoms with E-state index in [1.54, 1.807) is 28.8 Å². The third-order valence-electron chi connectivity index (χ3n) is 2.99. The van der Waals surface area contributed by atoms with E-state index in [1.807, 2.05) is 0 Å². The van der Waals surface area contributed by atoms with Crippen LogP contribution in [0.15, 0.2) is 36.4 Å². The van der Waals surface area contributed by atoms with Crippen molar-refractivity contribution in [3.63, 3.8) is 0 Å². The van der Waals surface area contributed by atoms with Crippen LogP contribution in [0.2, 0.25) is 5.02 Å². The van der Waals surface area contributed by atoms with Crippen LogP contribution in [0.5, 0.6) is 0 Å². The largest absolute Gasteiger partial charge is 0.330 e. The quantitative estimate of drug-likeness (QED) is 0.679. The minimum atomic E-state index is -0.531. The zero-order chi connectivity index (χ0) is 14.3. The maximum atomic E-state index is 13.7. The Labute approximate surface area is 123 Å². The maximum absolute atomic E-state index is 13.7. The molecule has 0 aliphatic rings. The van der Waals surface area contributed by atoms with E-state index in [4.69, 9.17) is 23.8 Å². The molecule has 0 fully saturated rings. The van der Waals surface area contributed by atoms with Crippen molar-refractivity contribution in [2.75, 3.05) is 0 Å². The highest BCUT2D eigenvalue weighted by atomic mass is 35.5. The summed E-state index contributed by atoms with van der Waals surface area (Å²) < 4.78 is 15.7. The molecule has 1 heterocycles. The molecule has 1 N–H and O–H groups in total. The molecule has 3 aromatic rings. The van der Waals surface area contributed by atoms with Gasteiger partial charge in [0.25, 0.3) is 0 Å². The van der Waals surface area contributed by atoms with Gasteiger partial charge < -0.3 is 4.98 Å². The fraction of sp³-hybridized carbons (Fsp3) is 0. The van der Waals surface area contributed by atoms with E-state index in [0.29, 0.717) is 27.1 Å². The first-order chi connectivity index (χ1) is 9.61. The monoisotopic (exact) mass is 303 g/mol. The van der Waals surface area contributed by atoms with Crippen molar-refractivity contribution < 1.29 is 4.39 Å². The third-order valence-corrected chi connectivity index (χ3v) is 3.56. The number of para-hydroxylation sites is 1. The van der Waals surface area contributed by atoms with Crippen LogP contribution in [0.3, 0.4) is 0 Å². The number of nitriles is 1. The first-order valence-corrected chi connectivity index (χ1v) is 6.49. The molecule has 20 heavy (non-hydrogen) atoms. The Morgan fingerprint density at radius 2 is 2.05 bits per heavy atom. The predicted octanol–water partition coefficient (Wildman–Crippen LogP) is 4.35. The lowest BCUT2D eigenvalue weighted by atomic mass is 10.2. The Morgan fingerprint density at radius 1 is 1.30 bits per heavy atom. The summed E-state index contributed by atoms with van der Waals surface area (Å²) in [6.07, 6.45) is 0. The van der Waals surface area contributed by atoms with E-state index < -0.39 is 5.82 Å². The molecule has 3 nitrogen and oxygen atoms in total. The molecule has 0 aliphatic heterocycles. The van der Waals surface area contributed by atoms with E-state index in [2.05, 4.69) is 11.1 Å². The van der Waals surface area contributed by atoms with Crippen LogP contribution in [-0.4, -0.2) is 9.55 Å². The van der Waals surface area contributed by atoms with Crippen LogP contribution >= 0.6 is 23.8 Å². The van der Waals surface area contributed by atoms with Crippen LogP contribution in [0.25, 0.3) is 16.7 Å². The number of hydrogen-bond donors (Lipinski definition) is 1. The van der Waals surface area contributed by atoms with Gasteiger partial charge in [0.1, 0.15) is 11.9 Å². The second-order valence-corrected chi connectivity index (χ2v) is 4.97. The third kappa shape index (κ3) is 1.90. The lowest BCUT2D eigenvalue weighted by molar-refractivity contribution is 0.629. The Kier molecular flexibility index (Phi) is 3.05. The van der Waals surface area contributed by atoms with Gasteiger partial charge in [-0.3, -0.25) is 4.57 Å². The summed E-state index contributed by atoms with van der Waals surface area (Å²) in [5.41, 5.74) is 2.22. The fourth-order valence-corrected chi connectivity index (χ4v) is 2.57. The first kappa shape index (κ1) is 12.9. The molecule has 0 saturated carbocycles. The number of imidazole rings is 1. The van der Waals surface area contributed by atoms with Crippen molar-refractivity contribution in [2.45, 2.75) is 0 Å². The van der Waals surface area contributed by atoms with Gasteiger partial charge in [-0.25, -0.2) is 4.39 Å². The SMILES string of the molecule is N#Cc1ccccc1-n1c(=S)[nH]c2cc(Cl)c(F)cc21. The van der Waals surface area contributed by atoms with Gasteiger partial charge in [-0.15, -0.1) is 0 Å². The molecule has 0 saturated heterocycles. The summed E-state index contributed by atoms with van der Waals surface area (Å²) in [6.45, 7) is 0. The normalized spacial score (nSPS) is 10.7. The molecule has 98 valence electrons. The van der Waals surface area contributed by atoms with Crippen molar-refractivity contribution in [3.05, 3.63) is 57.6 Å². The number of H-pyrrole nitrogens is 1. The van der Waals surface area contributed by atoms with Gasteiger partial charge in [0, 0.05) is 6.07 Å². The molecule has 0 radical (unpaired) electrons. The van der Waals surface area contributed by atoms with Crippen molar-refractivity contribution in [1.29, 1.82) is 5.26 Å². The van der Waals surface area contributed by atoms with Gasteiger partial charge in [0.2, 0.25) is 0 Å². The number of aromatic nitrogens is 2. The Bertz CT molecular complexity index is 920. The molecular weight excluding hydrogens is 297 g/mol. The molecule has 0 bridgehead atoms. The Morgan fingerprint density at radius 3 is 2.80 bits per heavy atom. The van der Waals surface area contributed by atoms with E-state index in [-0.39, 0.29) is 5.02 Å².